The molecule has 0 saturated carbocycles. The fraction of sp³-hybridized carbons (Fsp3) is 0.391. The molecule has 0 radical (unpaired) electrons. The van der Waals surface area contributed by atoms with Crippen LogP contribution in [-0.4, -0.2) is 50.2 Å². The van der Waals surface area contributed by atoms with Gasteiger partial charge in [0.2, 0.25) is 12.7 Å². The molecule has 8 heteroatoms. The number of nitrogens with zero attached hydrogens (tertiary/aromatic N) is 2. The van der Waals surface area contributed by atoms with Gasteiger partial charge in [0.25, 0.3) is 0 Å². The molecule has 1 heterocycles. The summed E-state index contributed by atoms with van der Waals surface area (Å²) in [7, 11) is 1.83. The highest BCUT2D eigenvalue weighted by Gasteiger charge is 2.13. The first-order valence-corrected chi connectivity index (χ1v) is 10.3. The maximum absolute atomic E-state index is 12.4. The maximum atomic E-state index is 12.4. The average Bonchev–Trinajstić information content (AvgIpc) is 3.22. The second-order valence-corrected chi connectivity index (χ2v) is 7.11. The number of carbonyl (C=O) groups is 1. The van der Waals surface area contributed by atoms with Crippen LogP contribution < -0.4 is 20.1 Å². The van der Waals surface area contributed by atoms with E-state index < -0.39 is 0 Å². The third kappa shape index (κ3) is 7.93. The van der Waals surface area contributed by atoms with E-state index in [1.165, 1.54) is 5.56 Å². The fourth-order valence-electron chi connectivity index (χ4n) is 3.16. The smallest absolute Gasteiger partial charge is 0.231 e. The number of fused-ring (bicyclic) bond motifs is 1. The molecule has 0 fully saturated rings. The van der Waals surface area contributed by atoms with Crippen LogP contribution in [0.1, 0.15) is 24.5 Å². The zero-order valence-electron chi connectivity index (χ0n) is 18.1. The lowest BCUT2D eigenvalue weighted by Crippen LogP contribution is -2.38. The molecule has 0 unspecified atom stereocenters. The standard InChI is InChI=1S/C23H30N4O3.HI/c1-3-24-23(25-13-11-18-9-10-20-21(15-18)30-17-29-20)26-14-12-22(28)27(2)16-19-7-5-4-6-8-19;/h4-10,15H,3,11-14,16-17H2,1-2H3,(H2,24,25,26);1H. The summed E-state index contributed by atoms with van der Waals surface area (Å²) in [6, 6.07) is 16.0. The maximum Gasteiger partial charge on any atom is 0.231 e. The Kier molecular flexibility index (Phi) is 10.4. The van der Waals surface area contributed by atoms with E-state index in [4.69, 9.17) is 9.47 Å². The van der Waals surface area contributed by atoms with Gasteiger partial charge in [-0.25, -0.2) is 0 Å². The third-order valence-corrected chi connectivity index (χ3v) is 4.77. The molecule has 2 aromatic carbocycles. The van der Waals surface area contributed by atoms with Crippen molar-refractivity contribution in [1.82, 2.24) is 15.5 Å². The van der Waals surface area contributed by atoms with E-state index in [0.717, 1.165) is 42.5 Å². The van der Waals surface area contributed by atoms with Gasteiger partial charge >= 0.3 is 0 Å². The Morgan fingerprint density at radius 2 is 1.84 bits per heavy atom. The number of hydrogen-bond donors (Lipinski definition) is 2. The molecule has 1 aliphatic heterocycles. The normalized spacial score (nSPS) is 12.1. The molecule has 2 aromatic rings. The zero-order chi connectivity index (χ0) is 21.2. The molecule has 31 heavy (non-hydrogen) atoms. The van der Waals surface area contributed by atoms with Crippen LogP contribution in [0, 0.1) is 0 Å². The van der Waals surface area contributed by atoms with Crippen LogP contribution in [0.2, 0.25) is 0 Å². The Bertz CT molecular complexity index is 861. The van der Waals surface area contributed by atoms with E-state index in [2.05, 4.69) is 15.6 Å². The summed E-state index contributed by atoms with van der Waals surface area (Å²) in [6.07, 6.45) is 1.21. The molecule has 0 aliphatic carbocycles. The summed E-state index contributed by atoms with van der Waals surface area (Å²) in [6.45, 7) is 4.85. The van der Waals surface area contributed by atoms with E-state index >= 15 is 0 Å². The predicted octanol–water partition coefficient (Wildman–Crippen LogP) is 3.18. The van der Waals surface area contributed by atoms with Crippen molar-refractivity contribution in [2.75, 3.05) is 33.5 Å². The highest BCUT2D eigenvalue weighted by molar-refractivity contribution is 14.0. The van der Waals surface area contributed by atoms with E-state index in [9.17, 15) is 4.79 Å². The topological polar surface area (TPSA) is 75.2 Å². The number of carbonyl (C=O) groups excluding carboxylic acids is 1. The molecule has 168 valence electrons. The molecule has 3 rings (SSSR count). The summed E-state index contributed by atoms with van der Waals surface area (Å²) >= 11 is 0. The van der Waals surface area contributed by atoms with Gasteiger partial charge in [-0.3, -0.25) is 9.79 Å². The number of halogens is 1. The molecule has 2 N–H and O–H groups in total. The number of rotatable bonds is 9. The molecule has 0 atom stereocenters. The minimum Gasteiger partial charge on any atom is -0.454 e. The van der Waals surface area contributed by atoms with Crippen molar-refractivity contribution in [2.24, 2.45) is 4.99 Å². The molecular weight excluding hydrogens is 507 g/mol. The number of guanidine groups is 1. The lowest BCUT2D eigenvalue weighted by molar-refractivity contribution is -0.130. The molecule has 0 spiro atoms. The first-order valence-electron chi connectivity index (χ1n) is 10.3. The number of nitrogens with one attached hydrogen (secondary N) is 2. The van der Waals surface area contributed by atoms with E-state index in [0.29, 0.717) is 19.5 Å². The van der Waals surface area contributed by atoms with Crippen LogP contribution in [0.25, 0.3) is 0 Å². The van der Waals surface area contributed by atoms with Crippen molar-refractivity contribution in [1.29, 1.82) is 0 Å². The molecular formula is C23H31IN4O3. The Balaban J connectivity index is 0.00000341. The lowest BCUT2D eigenvalue weighted by Gasteiger charge is -2.17. The lowest BCUT2D eigenvalue weighted by atomic mass is 10.1. The summed E-state index contributed by atoms with van der Waals surface area (Å²) < 4.78 is 10.8. The number of ether oxygens (including phenoxy) is 2. The summed E-state index contributed by atoms with van der Waals surface area (Å²) in [5.74, 6) is 2.39. The highest BCUT2D eigenvalue weighted by atomic mass is 127. The summed E-state index contributed by atoms with van der Waals surface area (Å²) in [5.41, 5.74) is 2.29. The molecule has 7 nitrogen and oxygen atoms in total. The monoisotopic (exact) mass is 538 g/mol. The van der Waals surface area contributed by atoms with Gasteiger partial charge in [-0.2, -0.15) is 0 Å². The zero-order valence-corrected chi connectivity index (χ0v) is 20.4. The van der Waals surface area contributed by atoms with Crippen LogP contribution in [0.4, 0.5) is 0 Å². The minimum atomic E-state index is 0. The molecule has 0 saturated heterocycles. The van der Waals surface area contributed by atoms with Gasteiger partial charge in [0, 0.05) is 33.1 Å². The van der Waals surface area contributed by atoms with Crippen molar-refractivity contribution < 1.29 is 14.3 Å². The van der Waals surface area contributed by atoms with Gasteiger partial charge < -0.3 is 25.0 Å². The van der Waals surface area contributed by atoms with E-state index in [1.807, 2.05) is 62.5 Å². The van der Waals surface area contributed by atoms with Crippen molar-refractivity contribution in [2.45, 2.75) is 26.3 Å². The largest absolute Gasteiger partial charge is 0.454 e. The number of aliphatic imine (C=N–C) groups is 1. The Hall–Kier alpha value is -2.49. The molecule has 0 aromatic heterocycles. The van der Waals surface area contributed by atoms with Gasteiger partial charge in [-0.05, 0) is 36.6 Å². The first-order chi connectivity index (χ1) is 14.7. The second kappa shape index (κ2) is 13.0. The first kappa shape index (κ1) is 24.8. The highest BCUT2D eigenvalue weighted by Crippen LogP contribution is 2.32. The summed E-state index contributed by atoms with van der Waals surface area (Å²) in [5, 5.41) is 6.54. The van der Waals surface area contributed by atoms with Crippen molar-refractivity contribution in [3.05, 3.63) is 59.7 Å². The Morgan fingerprint density at radius 3 is 2.61 bits per heavy atom. The fourth-order valence-corrected chi connectivity index (χ4v) is 3.16. The predicted molar refractivity (Wildman–Crippen MR) is 133 cm³/mol. The Morgan fingerprint density at radius 1 is 1.06 bits per heavy atom. The van der Waals surface area contributed by atoms with Gasteiger partial charge in [0.15, 0.2) is 17.5 Å². The van der Waals surface area contributed by atoms with E-state index in [-0.39, 0.29) is 36.7 Å². The number of benzene rings is 2. The van der Waals surface area contributed by atoms with Crippen molar-refractivity contribution in [3.63, 3.8) is 0 Å². The SMILES string of the molecule is CCNC(=NCCC(=O)N(C)Cc1ccccc1)NCCc1ccc2c(c1)OCO2.I. The van der Waals surface area contributed by atoms with Crippen LogP contribution in [-0.2, 0) is 17.8 Å². The molecule has 1 amide bonds. The van der Waals surface area contributed by atoms with Crippen LogP contribution in [0.15, 0.2) is 53.5 Å². The van der Waals surface area contributed by atoms with Gasteiger partial charge in [-0.15, -0.1) is 24.0 Å². The third-order valence-electron chi connectivity index (χ3n) is 4.77. The number of hydrogen-bond acceptors (Lipinski definition) is 4. The van der Waals surface area contributed by atoms with Gasteiger partial charge in [-0.1, -0.05) is 36.4 Å². The van der Waals surface area contributed by atoms with Crippen LogP contribution in [0.3, 0.4) is 0 Å². The molecule has 1 aliphatic rings. The molecule has 0 bridgehead atoms. The van der Waals surface area contributed by atoms with Crippen LogP contribution in [0.5, 0.6) is 11.5 Å². The Labute approximate surface area is 201 Å². The number of amides is 1. The van der Waals surface area contributed by atoms with Gasteiger partial charge in [0.05, 0.1) is 6.54 Å². The summed E-state index contributed by atoms with van der Waals surface area (Å²) in [4.78, 5) is 18.6. The van der Waals surface area contributed by atoms with Crippen molar-refractivity contribution >= 4 is 35.8 Å². The van der Waals surface area contributed by atoms with Crippen molar-refractivity contribution in [3.8, 4) is 11.5 Å². The van der Waals surface area contributed by atoms with E-state index in [1.54, 1.807) is 4.90 Å². The second-order valence-electron chi connectivity index (χ2n) is 7.11. The van der Waals surface area contributed by atoms with Crippen LogP contribution >= 0.6 is 24.0 Å². The quantitative estimate of drug-likeness (QED) is 0.292. The average molecular weight is 538 g/mol. The van der Waals surface area contributed by atoms with Gasteiger partial charge in [0.1, 0.15) is 0 Å². The minimum absolute atomic E-state index is 0.